The Morgan fingerprint density at radius 1 is 1.26 bits per heavy atom. The lowest BCUT2D eigenvalue weighted by molar-refractivity contribution is -0.113. The van der Waals surface area contributed by atoms with Crippen molar-refractivity contribution in [2.24, 2.45) is 0 Å². The van der Waals surface area contributed by atoms with E-state index in [4.69, 9.17) is 9.47 Å². The number of anilines is 1. The summed E-state index contributed by atoms with van der Waals surface area (Å²) >= 11 is 4.60. The van der Waals surface area contributed by atoms with E-state index in [1.807, 2.05) is 41.8 Å². The Morgan fingerprint density at radius 2 is 2.00 bits per heavy atom. The first-order valence-corrected chi connectivity index (χ1v) is 11.2. The minimum Gasteiger partial charge on any atom is -0.497 e. The van der Waals surface area contributed by atoms with Crippen molar-refractivity contribution in [3.05, 3.63) is 65.5 Å². The molecule has 0 bridgehead atoms. The number of ether oxygens (including phenoxy) is 2. The molecule has 0 aliphatic carbocycles. The molecule has 0 saturated carbocycles. The standard InChI is InChI=1S/C21H22BrN5O3S/c1-4-11-27-20(14(2)30-17-8-6-16(29-3)7-9-17)25-26-21(27)31-13-19(28)24-18-10-5-15(22)12-23-18/h4-10,12,14H,1,11,13H2,2-3H3,(H,23,24,28). The molecular weight excluding hydrogens is 482 g/mol. The van der Waals surface area contributed by atoms with Crippen LogP contribution in [0.4, 0.5) is 5.82 Å². The summed E-state index contributed by atoms with van der Waals surface area (Å²) in [7, 11) is 1.62. The SMILES string of the molecule is C=CCn1c(SCC(=O)Nc2ccc(Br)cn2)nnc1C(C)Oc1ccc(OC)cc1. The lowest BCUT2D eigenvalue weighted by atomic mass is 10.3. The molecule has 10 heteroatoms. The fourth-order valence-electron chi connectivity index (χ4n) is 2.68. The second kappa shape index (κ2) is 11.0. The summed E-state index contributed by atoms with van der Waals surface area (Å²) in [6, 6.07) is 10.9. The van der Waals surface area contributed by atoms with Crippen LogP contribution in [-0.4, -0.2) is 38.5 Å². The minimum atomic E-state index is -0.351. The van der Waals surface area contributed by atoms with E-state index < -0.39 is 0 Å². The number of allylic oxidation sites excluding steroid dienone is 1. The van der Waals surface area contributed by atoms with E-state index in [9.17, 15) is 4.79 Å². The summed E-state index contributed by atoms with van der Waals surface area (Å²) in [5.74, 6) is 2.57. The van der Waals surface area contributed by atoms with Crippen LogP contribution in [0.25, 0.3) is 0 Å². The summed E-state index contributed by atoms with van der Waals surface area (Å²) in [5.41, 5.74) is 0. The monoisotopic (exact) mass is 503 g/mol. The van der Waals surface area contributed by atoms with Gasteiger partial charge < -0.3 is 14.8 Å². The number of amides is 1. The van der Waals surface area contributed by atoms with Gasteiger partial charge in [-0.15, -0.1) is 16.8 Å². The van der Waals surface area contributed by atoms with Crippen molar-refractivity contribution >= 4 is 39.4 Å². The van der Waals surface area contributed by atoms with Crippen molar-refractivity contribution in [3.8, 4) is 11.5 Å². The third-order valence-corrected chi connectivity index (χ3v) is 5.56. The van der Waals surface area contributed by atoms with Gasteiger partial charge in [0.15, 0.2) is 17.1 Å². The van der Waals surface area contributed by atoms with Gasteiger partial charge in [0.05, 0.1) is 12.9 Å². The number of carbonyl (C=O) groups excluding carboxylic acids is 1. The molecule has 3 rings (SSSR count). The van der Waals surface area contributed by atoms with Crippen LogP contribution in [0, 0.1) is 0 Å². The maximum atomic E-state index is 12.3. The average Bonchev–Trinajstić information content (AvgIpc) is 3.17. The third kappa shape index (κ3) is 6.31. The van der Waals surface area contributed by atoms with Crippen molar-refractivity contribution in [1.29, 1.82) is 0 Å². The smallest absolute Gasteiger partial charge is 0.236 e. The molecule has 8 nitrogen and oxygen atoms in total. The summed E-state index contributed by atoms with van der Waals surface area (Å²) < 4.78 is 13.9. The molecule has 0 aliphatic heterocycles. The number of hydrogen-bond donors (Lipinski definition) is 1. The Kier molecular flexibility index (Phi) is 8.07. The highest BCUT2D eigenvalue weighted by atomic mass is 79.9. The van der Waals surface area contributed by atoms with Crippen molar-refractivity contribution in [2.45, 2.75) is 24.7 Å². The molecule has 1 N–H and O–H groups in total. The molecule has 0 spiro atoms. The Labute approximate surface area is 193 Å². The Bertz CT molecular complexity index is 1020. The van der Waals surface area contributed by atoms with E-state index >= 15 is 0 Å². The number of aromatic nitrogens is 4. The highest BCUT2D eigenvalue weighted by Gasteiger charge is 2.20. The number of methoxy groups -OCH3 is 1. The lowest BCUT2D eigenvalue weighted by Crippen LogP contribution is -2.16. The summed E-state index contributed by atoms with van der Waals surface area (Å²) in [4.78, 5) is 16.4. The van der Waals surface area contributed by atoms with E-state index in [-0.39, 0.29) is 17.8 Å². The largest absolute Gasteiger partial charge is 0.497 e. The number of thioether (sulfide) groups is 1. The quantitative estimate of drug-likeness (QED) is 0.321. The molecule has 1 aromatic carbocycles. The first-order valence-electron chi connectivity index (χ1n) is 9.39. The number of hydrogen-bond acceptors (Lipinski definition) is 7. The van der Waals surface area contributed by atoms with Crippen LogP contribution in [-0.2, 0) is 11.3 Å². The number of carbonyl (C=O) groups is 1. The van der Waals surface area contributed by atoms with Crippen molar-refractivity contribution in [3.63, 3.8) is 0 Å². The van der Waals surface area contributed by atoms with E-state index in [1.54, 1.807) is 25.4 Å². The Hall–Kier alpha value is -2.85. The average molecular weight is 504 g/mol. The lowest BCUT2D eigenvalue weighted by Gasteiger charge is -2.16. The van der Waals surface area contributed by atoms with E-state index in [1.165, 1.54) is 11.8 Å². The van der Waals surface area contributed by atoms with Crippen LogP contribution in [0.15, 0.2) is 64.9 Å². The molecule has 1 unspecified atom stereocenters. The zero-order chi connectivity index (χ0) is 22.2. The van der Waals surface area contributed by atoms with Crippen LogP contribution in [0.2, 0.25) is 0 Å². The second-order valence-electron chi connectivity index (χ2n) is 6.37. The molecule has 0 radical (unpaired) electrons. The zero-order valence-corrected chi connectivity index (χ0v) is 19.5. The molecule has 3 aromatic rings. The number of halogens is 1. The summed E-state index contributed by atoms with van der Waals surface area (Å²) in [6.45, 7) is 6.20. The van der Waals surface area contributed by atoms with Gasteiger partial charge >= 0.3 is 0 Å². The molecule has 0 saturated heterocycles. The van der Waals surface area contributed by atoms with Crippen LogP contribution in [0.1, 0.15) is 18.9 Å². The number of benzene rings is 1. The molecule has 0 fully saturated rings. The van der Waals surface area contributed by atoms with Crippen LogP contribution in [0.3, 0.4) is 0 Å². The Morgan fingerprint density at radius 3 is 2.65 bits per heavy atom. The normalized spacial score (nSPS) is 11.6. The molecule has 0 aliphatic rings. The first kappa shape index (κ1) is 22.8. The summed E-state index contributed by atoms with van der Waals surface area (Å²) in [5, 5.41) is 11.9. The van der Waals surface area contributed by atoms with Gasteiger partial charge in [-0.3, -0.25) is 9.36 Å². The number of nitrogens with zero attached hydrogens (tertiary/aromatic N) is 4. The van der Waals surface area contributed by atoms with E-state index in [0.717, 1.165) is 10.2 Å². The van der Waals surface area contributed by atoms with Gasteiger partial charge in [0, 0.05) is 17.2 Å². The number of pyridine rings is 1. The van der Waals surface area contributed by atoms with Gasteiger partial charge in [0.25, 0.3) is 0 Å². The second-order valence-corrected chi connectivity index (χ2v) is 8.23. The van der Waals surface area contributed by atoms with Crippen molar-refractivity contribution in [1.82, 2.24) is 19.7 Å². The van der Waals surface area contributed by atoms with Gasteiger partial charge in [-0.05, 0) is 59.3 Å². The topological polar surface area (TPSA) is 91.2 Å². The fourth-order valence-corrected chi connectivity index (χ4v) is 3.67. The van der Waals surface area contributed by atoms with Gasteiger partial charge in [-0.2, -0.15) is 0 Å². The van der Waals surface area contributed by atoms with Crippen LogP contribution >= 0.6 is 27.7 Å². The van der Waals surface area contributed by atoms with Crippen LogP contribution in [0.5, 0.6) is 11.5 Å². The van der Waals surface area contributed by atoms with Gasteiger partial charge in [-0.1, -0.05) is 17.8 Å². The highest BCUT2D eigenvalue weighted by Crippen LogP contribution is 2.26. The minimum absolute atomic E-state index is 0.167. The number of nitrogens with one attached hydrogen (secondary N) is 1. The van der Waals surface area contributed by atoms with Gasteiger partial charge in [0.2, 0.25) is 5.91 Å². The molecular formula is C21H22BrN5O3S. The predicted octanol–water partition coefficient (Wildman–Crippen LogP) is 4.50. The van der Waals surface area contributed by atoms with E-state index in [0.29, 0.717) is 29.1 Å². The van der Waals surface area contributed by atoms with Crippen molar-refractivity contribution in [2.75, 3.05) is 18.2 Å². The Balaban J connectivity index is 1.65. The van der Waals surface area contributed by atoms with Crippen molar-refractivity contribution < 1.29 is 14.3 Å². The zero-order valence-electron chi connectivity index (χ0n) is 17.1. The molecule has 2 heterocycles. The summed E-state index contributed by atoms with van der Waals surface area (Å²) in [6.07, 6.45) is 3.03. The maximum absolute atomic E-state index is 12.3. The predicted molar refractivity (Wildman–Crippen MR) is 124 cm³/mol. The first-order chi connectivity index (χ1) is 15.0. The van der Waals surface area contributed by atoms with Gasteiger partial charge in [-0.25, -0.2) is 4.98 Å². The molecule has 1 atom stereocenters. The van der Waals surface area contributed by atoms with Gasteiger partial charge in [0.1, 0.15) is 17.3 Å². The molecule has 31 heavy (non-hydrogen) atoms. The highest BCUT2D eigenvalue weighted by molar-refractivity contribution is 9.10. The fraction of sp³-hybridized carbons (Fsp3) is 0.238. The third-order valence-electron chi connectivity index (χ3n) is 4.12. The number of rotatable bonds is 10. The maximum Gasteiger partial charge on any atom is 0.236 e. The molecule has 162 valence electrons. The van der Waals surface area contributed by atoms with Crippen LogP contribution < -0.4 is 14.8 Å². The van der Waals surface area contributed by atoms with E-state index in [2.05, 4.69) is 43.0 Å². The molecule has 1 amide bonds. The molecule has 2 aromatic heterocycles.